The van der Waals surface area contributed by atoms with E-state index < -0.39 is 0 Å². The summed E-state index contributed by atoms with van der Waals surface area (Å²) in [5.41, 5.74) is 5.05. The van der Waals surface area contributed by atoms with Crippen molar-refractivity contribution in [1.29, 1.82) is 0 Å². The van der Waals surface area contributed by atoms with Crippen molar-refractivity contribution in [3.05, 3.63) is 51.8 Å². The van der Waals surface area contributed by atoms with Crippen molar-refractivity contribution in [3.8, 4) is 0 Å². The normalized spacial score (nSPS) is 11.3. The fourth-order valence-corrected chi connectivity index (χ4v) is 3.16. The van der Waals surface area contributed by atoms with E-state index in [2.05, 4.69) is 52.4 Å². The Labute approximate surface area is 116 Å². The zero-order chi connectivity index (χ0) is 13.2. The van der Waals surface area contributed by atoms with E-state index in [4.69, 9.17) is 0 Å². The Balaban J connectivity index is 1.74. The number of nitrogens with one attached hydrogen (secondary N) is 1. The minimum Gasteiger partial charge on any atom is -0.307 e. The third kappa shape index (κ3) is 2.41. The molecule has 0 bridgehead atoms. The van der Waals surface area contributed by atoms with Crippen molar-refractivity contribution >= 4 is 22.2 Å². The van der Waals surface area contributed by atoms with Gasteiger partial charge in [-0.25, -0.2) is 0 Å². The first-order valence-corrected chi connectivity index (χ1v) is 7.33. The summed E-state index contributed by atoms with van der Waals surface area (Å²) in [6.07, 6.45) is 0. The molecule has 0 spiro atoms. The Hall–Kier alpha value is -1.65. The van der Waals surface area contributed by atoms with E-state index in [-0.39, 0.29) is 0 Å². The molecule has 98 valence electrons. The van der Waals surface area contributed by atoms with Gasteiger partial charge in [0.1, 0.15) is 0 Å². The van der Waals surface area contributed by atoms with Gasteiger partial charge in [-0.2, -0.15) is 16.4 Å². The highest BCUT2D eigenvalue weighted by atomic mass is 32.1. The van der Waals surface area contributed by atoms with Gasteiger partial charge in [0.2, 0.25) is 0 Å². The van der Waals surface area contributed by atoms with Crippen LogP contribution in [0.25, 0.3) is 10.9 Å². The lowest BCUT2D eigenvalue weighted by atomic mass is 10.2. The van der Waals surface area contributed by atoms with Gasteiger partial charge in [0, 0.05) is 25.5 Å². The molecule has 0 unspecified atom stereocenters. The summed E-state index contributed by atoms with van der Waals surface area (Å²) in [7, 11) is 1.99. The predicted molar refractivity (Wildman–Crippen MR) is 80.3 cm³/mol. The van der Waals surface area contributed by atoms with Gasteiger partial charge in [-0.1, -0.05) is 18.2 Å². The smallest absolute Gasteiger partial charge is 0.0841 e. The monoisotopic (exact) mass is 271 g/mol. The number of nitrogens with zero attached hydrogens (tertiary/aromatic N) is 2. The molecule has 0 aliphatic rings. The number of hydrogen-bond donors (Lipinski definition) is 1. The molecular formula is C15H17N3S. The number of hydrogen-bond acceptors (Lipinski definition) is 3. The van der Waals surface area contributed by atoms with Crippen LogP contribution in [0, 0.1) is 6.92 Å². The molecule has 0 amide bonds. The van der Waals surface area contributed by atoms with Crippen LogP contribution in [0.5, 0.6) is 0 Å². The lowest BCUT2D eigenvalue weighted by Crippen LogP contribution is -2.13. The third-order valence-electron chi connectivity index (χ3n) is 3.40. The summed E-state index contributed by atoms with van der Waals surface area (Å²) in [5, 5.41) is 13.7. The number of thiophene rings is 1. The first-order valence-electron chi connectivity index (χ1n) is 6.38. The second-order valence-electron chi connectivity index (χ2n) is 4.77. The molecule has 0 radical (unpaired) electrons. The second kappa shape index (κ2) is 5.15. The molecule has 2 aromatic heterocycles. The van der Waals surface area contributed by atoms with Gasteiger partial charge in [0.25, 0.3) is 0 Å². The first-order chi connectivity index (χ1) is 9.25. The number of para-hydroxylation sites is 1. The fraction of sp³-hybridized carbons (Fsp3) is 0.267. The van der Waals surface area contributed by atoms with Crippen LogP contribution >= 0.6 is 11.3 Å². The first kappa shape index (κ1) is 12.4. The molecule has 2 heterocycles. The van der Waals surface area contributed by atoms with E-state index in [1.165, 1.54) is 22.0 Å². The Kier molecular flexibility index (Phi) is 3.36. The standard InChI is InChI=1S/C15H17N3S/c1-11-9-19-10-12(11)7-16-8-14-13-5-3-4-6-15(13)18(2)17-14/h3-6,9-10,16H,7-8H2,1-2H3. The predicted octanol–water partition coefficient (Wildman–Crippen LogP) is 3.23. The SMILES string of the molecule is Cc1cscc1CNCc1nn(C)c2ccccc12. The van der Waals surface area contributed by atoms with Crippen molar-refractivity contribution in [3.63, 3.8) is 0 Å². The van der Waals surface area contributed by atoms with Gasteiger partial charge >= 0.3 is 0 Å². The largest absolute Gasteiger partial charge is 0.307 e. The molecule has 4 heteroatoms. The maximum Gasteiger partial charge on any atom is 0.0841 e. The number of benzene rings is 1. The zero-order valence-electron chi connectivity index (χ0n) is 11.2. The molecule has 3 nitrogen and oxygen atoms in total. The molecule has 0 saturated heterocycles. The van der Waals surface area contributed by atoms with Crippen LogP contribution in [0.15, 0.2) is 35.0 Å². The number of aromatic nitrogens is 2. The van der Waals surface area contributed by atoms with Crippen molar-refractivity contribution < 1.29 is 0 Å². The van der Waals surface area contributed by atoms with E-state index in [9.17, 15) is 0 Å². The summed E-state index contributed by atoms with van der Waals surface area (Å²) >= 11 is 1.76. The quantitative estimate of drug-likeness (QED) is 0.789. The Morgan fingerprint density at radius 1 is 1.21 bits per heavy atom. The number of aryl methyl sites for hydroxylation is 2. The number of rotatable bonds is 4. The van der Waals surface area contributed by atoms with Crippen LogP contribution in [0.4, 0.5) is 0 Å². The highest BCUT2D eigenvalue weighted by molar-refractivity contribution is 7.08. The Morgan fingerprint density at radius 3 is 2.84 bits per heavy atom. The van der Waals surface area contributed by atoms with Crippen molar-refractivity contribution in [1.82, 2.24) is 15.1 Å². The topological polar surface area (TPSA) is 29.9 Å². The summed E-state index contributed by atoms with van der Waals surface area (Å²) < 4.78 is 1.95. The molecule has 1 N–H and O–H groups in total. The average molecular weight is 271 g/mol. The summed E-state index contributed by atoms with van der Waals surface area (Å²) in [6, 6.07) is 8.36. The van der Waals surface area contributed by atoms with Gasteiger partial charge in [-0.05, 0) is 34.9 Å². The summed E-state index contributed by atoms with van der Waals surface area (Å²) in [5.74, 6) is 0. The third-order valence-corrected chi connectivity index (χ3v) is 4.31. The van der Waals surface area contributed by atoms with Crippen LogP contribution in [0.3, 0.4) is 0 Å². The summed E-state index contributed by atoms with van der Waals surface area (Å²) in [4.78, 5) is 0. The lowest BCUT2D eigenvalue weighted by Gasteiger charge is -2.02. The van der Waals surface area contributed by atoms with E-state index in [1.807, 2.05) is 11.7 Å². The van der Waals surface area contributed by atoms with Gasteiger partial charge < -0.3 is 5.32 Å². The van der Waals surface area contributed by atoms with Crippen LogP contribution in [0.1, 0.15) is 16.8 Å². The van der Waals surface area contributed by atoms with E-state index in [0.29, 0.717) is 0 Å². The molecule has 0 fully saturated rings. The van der Waals surface area contributed by atoms with Crippen molar-refractivity contribution in [2.45, 2.75) is 20.0 Å². The second-order valence-corrected chi connectivity index (χ2v) is 5.51. The van der Waals surface area contributed by atoms with E-state index >= 15 is 0 Å². The van der Waals surface area contributed by atoms with Gasteiger partial charge in [-0.15, -0.1) is 0 Å². The highest BCUT2D eigenvalue weighted by Crippen LogP contribution is 2.18. The Morgan fingerprint density at radius 2 is 2.05 bits per heavy atom. The minimum atomic E-state index is 0.802. The molecule has 3 rings (SSSR count). The molecule has 0 atom stereocenters. The molecule has 1 aromatic carbocycles. The van der Waals surface area contributed by atoms with Gasteiger partial charge in [0.15, 0.2) is 0 Å². The molecule has 3 aromatic rings. The maximum absolute atomic E-state index is 4.59. The van der Waals surface area contributed by atoms with E-state index in [0.717, 1.165) is 18.8 Å². The van der Waals surface area contributed by atoms with Crippen LogP contribution in [0.2, 0.25) is 0 Å². The lowest BCUT2D eigenvalue weighted by molar-refractivity contribution is 0.661. The minimum absolute atomic E-state index is 0.802. The molecular weight excluding hydrogens is 254 g/mol. The summed E-state index contributed by atoms with van der Waals surface area (Å²) in [6.45, 7) is 3.86. The molecule has 0 saturated carbocycles. The molecule has 0 aliphatic carbocycles. The molecule has 19 heavy (non-hydrogen) atoms. The fourth-order valence-electron chi connectivity index (χ4n) is 2.30. The average Bonchev–Trinajstić information content (AvgIpc) is 2.96. The van der Waals surface area contributed by atoms with Crippen LogP contribution in [-0.2, 0) is 20.1 Å². The van der Waals surface area contributed by atoms with Gasteiger partial charge in [-0.3, -0.25) is 4.68 Å². The van der Waals surface area contributed by atoms with E-state index in [1.54, 1.807) is 11.3 Å². The van der Waals surface area contributed by atoms with Gasteiger partial charge in [0.05, 0.1) is 11.2 Å². The zero-order valence-corrected chi connectivity index (χ0v) is 12.0. The molecule has 0 aliphatic heterocycles. The number of fused-ring (bicyclic) bond motifs is 1. The van der Waals surface area contributed by atoms with Crippen molar-refractivity contribution in [2.24, 2.45) is 7.05 Å². The Bertz CT molecular complexity index is 696. The highest BCUT2D eigenvalue weighted by Gasteiger charge is 2.07. The maximum atomic E-state index is 4.59. The van der Waals surface area contributed by atoms with Crippen molar-refractivity contribution in [2.75, 3.05) is 0 Å². The van der Waals surface area contributed by atoms with Crippen LogP contribution in [-0.4, -0.2) is 9.78 Å². The van der Waals surface area contributed by atoms with Crippen LogP contribution < -0.4 is 5.32 Å².